The minimum atomic E-state index is 0.522. The van der Waals surface area contributed by atoms with E-state index in [0.717, 1.165) is 18.9 Å². The summed E-state index contributed by atoms with van der Waals surface area (Å²) >= 11 is 0. The SMILES string of the molecule is CC#CCC(NCC)C1(CC(C)C)CCCC1. The lowest BCUT2D eigenvalue weighted by Gasteiger charge is -2.39. The number of hydrogen-bond donors (Lipinski definition) is 1. The predicted octanol–water partition coefficient (Wildman–Crippen LogP) is 3.98. The first kappa shape index (κ1) is 14.6. The lowest BCUT2D eigenvalue weighted by atomic mass is 9.71. The fourth-order valence-corrected chi connectivity index (χ4v) is 3.54. The third-order valence-corrected chi connectivity index (χ3v) is 4.09. The smallest absolute Gasteiger partial charge is 0.0248 e. The van der Waals surface area contributed by atoms with Gasteiger partial charge < -0.3 is 5.32 Å². The quantitative estimate of drug-likeness (QED) is 0.687. The molecule has 0 aromatic carbocycles. The normalized spacial score (nSPS) is 20.1. The van der Waals surface area contributed by atoms with Gasteiger partial charge in [-0.05, 0) is 44.1 Å². The zero-order valence-corrected chi connectivity index (χ0v) is 12.1. The number of nitrogens with one attached hydrogen (secondary N) is 1. The van der Waals surface area contributed by atoms with E-state index in [0.29, 0.717) is 11.5 Å². The fraction of sp³-hybridized carbons (Fsp3) is 0.875. The summed E-state index contributed by atoms with van der Waals surface area (Å²) in [4.78, 5) is 0. The third-order valence-electron chi connectivity index (χ3n) is 4.09. The largest absolute Gasteiger partial charge is 0.313 e. The Labute approximate surface area is 108 Å². The molecular weight excluding hydrogens is 206 g/mol. The van der Waals surface area contributed by atoms with Gasteiger partial charge in [0.2, 0.25) is 0 Å². The molecule has 1 atom stereocenters. The Morgan fingerprint density at radius 2 is 1.88 bits per heavy atom. The van der Waals surface area contributed by atoms with Crippen LogP contribution in [0.1, 0.15) is 66.2 Å². The molecule has 98 valence electrons. The maximum Gasteiger partial charge on any atom is 0.0248 e. The third kappa shape index (κ3) is 4.03. The Balaban J connectivity index is 2.78. The van der Waals surface area contributed by atoms with E-state index in [4.69, 9.17) is 0 Å². The summed E-state index contributed by atoms with van der Waals surface area (Å²) in [6.45, 7) is 9.94. The van der Waals surface area contributed by atoms with E-state index < -0.39 is 0 Å². The fourth-order valence-electron chi connectivity index (χ4n) is 3.54. The van der Waals surface area contributed by atoms with Crippen LogP contribution in [0.4, 0.5) is 0 Å². The molecule has 0 aromatic heterocycles. The van der Waals surface area contributed by atoms with E-state index >= 15 is 0 Å². The summed E-state index contributed by atoms with van der Waals surface area (Å²) in [6.07, 6.45) is 8.00. The second-order valence-corrected chi connectivity index (χ2v) is 5.91. The molecule has 1 unspecified atom stereocenters. The summed E-state index contributed by atoms with van der Waals surface area (Å²) < 4.78 is 0. The van der Waals surface area contributed by atoms with Crippen LogP contribution in [0.2, 0.25) is 0 Å². The van der Waals surface area contributed by atoms with Crippen molar-refractivity contribution in [1.82, 2.24) is 5.32 Å². The molecule has 1 rings (SSSR count). The van der Waals surface area contributed by atoms with Gasteiger partial charge in [0.05, 0.1) is 0 Å². The zero-order chi connectivity index (χ0) is 12.7. The van der Waals surface area contributed by atoms with Gasteiger partial charge in [-0.3, -0.25) is 0 Å². The van der Waals surface area contributed by atoms with Gasteiger partial charge in [0.25, 0.3) is 0 Å². The Morgan fingerprint density at radius 3 is 2.35 bits per heavy atom. The van der Waals surface area contributed by atoms with Gasteiger partial charge >= 0.3 is 0 Å². The standard InChI is InChI=1S/C16H29N/c1-5-7-10-15(17-6-2)16(13-14(3)4)11-8-9-12-16/h14-15,17H,6,8-13H2,1-4H3. The Kier molecular flexibility index (Phi) is 6.06. The minimum Gasteiger partial charge on any atom is -0.313 e. The average molecular weight is 235 g/mol. The van der Waals surface area contributed by atoms with Crippen LogP contribution in [0.5, 0.6) is 0 Å². The Hall–Kier alpha value is -0.480. The van der Waals surface area contributed by atoms with Crippen molar-refractivity contribution in [2.24, 2.45) is 11.3 Å². The summed E-state index contributed by atoms with van der Waals surface area (Å²) in [5.74, 6) is 7.15. The highest BCUT2D eigenvalue weighted by Crippen LogP contribution is 2.46. The van der Waals surface area contributed by atoms with Gasteiger partial charge in [-0.1, -0.05) is 33.6 Å². The first-order valence-electron chi connectivity index (χ1n) is 7.27. The van der Waals surface area contributed by atoms with Gasteiger partial charge in [-0.15, -0.1) is 11.8 Å². The van der Waals surface area contributed by atoms with Crippen LogP contribution in [0.15, 0.2) is 0 Å². The van der Waals surface area contributed by atoms with Crippen LogP contribution in [-0.2, 0) is 0 Å². The molecule has 0 aromatic rings. The highest BCUT2D eigenvalue weighted by atomic mass is 14.9. The monoisotopic (exact) mass is 235 g/mol. The van der Waals surface area contributed by atoms with E-state index in [1.165, 1.54) is 32.1 Å². The van der Waals surface area contributed by atoms with Crippen LogP contribution in [-0.4, -0.2) is 12.6 Å². The molecule has 1 aliphatic rings. The summed E-state index contributed by atoms with van der Waals surface area (Å²) in [5, 5.41) is 3.70. The topological polar surface area (TPSA) is 12.0 Å². The van der Waals surface area contributed by atoms with Gasteiger partial charge in [0.15, 0.2) is 0 Å². The molecule has 0 saturated heterocycles. The van der Waals surface area contributed by atoms with Gasteiger partial charge in [0.1, 0.15) is 0 Å². The van der Waals surface area contributed by atoms with E-state index in [1.54, 1.807) is 0 Å². The zero-order valence-electron chi connectivity index (χ0n) is 12.1. The average Bonchev–Trinajstić information content (AvgIpc) is 2.72. The van der Waals surface area contributed by atoms with Crippen LogP contribution in [0, 0.1) is 23.2 Å². The minimum absolute atomic E-state index is 0.522. The molecular formula is C16H29N. The van der Waals surface area contributed by atoms with Crippen molar-refractivity contribution in [3.8, 4) is 11.8 Å². The van der Waals surface area contributed by atoms with Crippen molar-refractivity contribution >= 4 is 0 Å². The summed E-state index contributed by atoms with van der Waals surface area (Å²) in [5.41, 5.74) is 0.522. The molecule has 1 heteroatoms. The molecule has 0 bridgehead atoms. The molecule has 0 spiro atoms. The van der Waals surface area contributed by atoms with Crippen molar-refractivity contribution in [3.05, 3.63) is 0 Å². The molecule has 17 heavy (non-hydrogen) atoms. The molecule has 0 radical (unpaired) electrons. The van der Waals surface area contributed by atoms with Crippen LogP contribution < -0.4 is 5.32 Å². The first-order chi connectivity index (χ1) is 8.14. The van der Waals surface area contributed by atoms with Crippen LogP contribution >= 0.6 is 0 Å². The van der Waals surface area contributed by atoms with E-state index in [1.807, 2.05) is 6.92 Å². The molecule has 0 aliphatic heterocycles. The lowest BCUT2D eigenvalue weighted by molar-refractivity contribution is 0.158. The molecule has 1 nitrogen and oxygen atoms in total. The van der Waals surface area contributed by atoms with Gasteiger partial charge in [-0.2, -0.15) is 0 Å². The first-order valence-corrected chi connectivity index (χ1v) is 7.27. The molecule has 1 aliphatic carbocycles. The molecule has 0 amide bonds. The van der Waals surface area contributed by atoms with Crippen molar-refractivity contribution in [2.75, 3.05) is 6.54 Å². The van der Waals surface area contributed by atoms with E-state index in [-0.39, 0.29) is 0 Å². The lowest BCUT2D eigenvalue weighted by Crippen LogP contribution is -2.44. The predicted molar refractivity (Wildman–Crippen MR) is 75.9 cm³/mol. The summed E-state index contributed by atoms with van der Waals surface area (Å²) in [7, 11) is 0. The number of rotatable bonds is 6. The molecule has 1 fully saturated rings. The maximum absolute atomic E-state index is 3.70. The molecule has 1 N–H and O–H groups in total. The van der Waals surface area contributed by atoms with E-state index in [2.05, 4.69) is 37.9 Å². The Morgan fingerprint density at radius 1 is 1.24 bits per heavy atom. The second-order valence-electron chi connectivity index (χ2n) is 5.91. The molecule has 1 saturated carbocycles. The van der Waals surface area contributed by atoms with E-state index in [9.17, 15) is 0 Å². The van der Waals surface area contributed by atoms with Crippen LogP contribution in [0.3, 0.4) is 0 Å². The summed E-state index contributed by atoms with van der Waals surface area (Å²) in [6, 6.07) is 0.602. The van der Waals surface area contributed by atoms with Crippen molar-refractivity contribution in [3.63, 3.8) is 0 Å². The van der Waals surface area contributed by atoms with Crippen LogP contribution in [0.25, 0.3) is 0 Å². The Bertz CT molecular complexity index is 263. The van der Waals surface area contributed by atoms with Crippen molar-refractivity contribution in [1.29, 1.82) is 0 Å². The van der Waals surface area contributed by atoms with Crippen molar-refractivity contribution < 1.29 is 0 Å². The molecule has 0 heterocycles. The van der Waals surface area contributed by atoms with Gasteiger partial charge in [0, 0.05) is 12.5 Å². The second kappa shape index (κ2) is 7.07. The maximum atomic E-state index is 3.70. The highest BCUT2D eigenvalue weighted by molar-refractivity contribution is 5.04. The number of hydrogen-bond acceptors (Lipinski definition) is 1. The van der Waals surface area contributed by atoms with Gasteiger partial charge in [-0.25, -0.2) is 0 Å². The highest BCUT2D eigenvalue weighted by Gasteiger charge is 2.40. The van der Waals surface area contributed by atoms with Crippen molar-refractivity contribution in [2.45, 2.75) is 72.3 Å².